The lowest BCUT2D eigenvalue weighted by molar-refractivity contribution is 0.102. The number of rotatable bonds is 3. The zero-order valence-corrected chi connectivity index (χ0v) is 11.5. The van der Waals surface area contributed by atoms with Crippen LogP contribution >= 0.6 is 0 Å². The number of nitrogen functional groups attached to an aromatic ring is 1. The van der Waals surface area contributed by atoms with Crippen LogP contribution < -0.4 is 16.2 Å². The van der Waals surface area contributed by atoms with Gasteiger partial charge in [-0.2, -0.15) is 0 Å². The molecule has 5 N–H and O–H groups in total. The molecule has 8 heteroatoms. The molecule has 21 heavy (non-hydrogen) atoms. The fourth-order valence-corrected chi connectivity index (χ4v) is 2.19. The van der Waals surface area contributed by atoms with Crippen LogP contribution in [0, 0.1) is 5.82 Å². The summed E-state index contributed by atoms with van der Waals surface area (Å²) < 4.78 is 35.4. The molecule has 0 radical (unpaired) electrons. The van der Waals surface area contributed by atoms with E-state index in [1.54, 1.807) is 0 Å². The number of benzene rings is 2. The summed E-state index contributed by atoms with van der Waals surface area (Å²) in [7, 11) is -3.79. The zero-order chi connectivity index (χ0) is 15.6. The van der Waals surface area contributed by atoms with Crippen LogP contribution in [0.1, 0.15) is 10.4 Å². The van der Waals surface area contributed by atoms with Gasteiger partial charge >= 0.3 is 0 Å². The molecule has 0 spiro atoms. The third-order valence-electron chi connectivity index (χ3n) is 2.62. The number of hydrogen-bond donors (Lipinski definition) is 3. The average molecular weight is 309 g/mol. The summed E-state index contributed by atoms with van der Waals surface area (Å²) in [5.74, 6) is -1.19. The number of anilines is 2. The molecular weight excluding hydrogens is 297 g/mol. The summed E-state index contributed by atoms with van der Waals surface area (Å²) in [4.78, 5) is 11.9. The second-order valence-electron chi connectivity index (χ2n) is 4.30. The standard InChI is InChI=1S/C13H12FN3O3S/c14-9-5-8(6-10(15)7-9)13(18)17-11-1-3-12(4-2-11)21(16,19)20/h1-7H,15H2,(H,17,18)(H2,16,19,20). The maximum absolute atomic E-state index is 13.2. The second kappa shape index (κ2) is 5.51. The second-order valence-corrected chi connectivity index (χ2v) is 5.86. The fraction of sp³-hybridized carbons (Fsp3) is 0. The Morgan fingerprint density at radius 1 is 1.10 bits per heavy atom. The number of carbonyl (C=O) groups excluding carboxylic acids is 1. The van der Waals surface area contributed by atoms with E-state index in [0.717, 1.165) is 12.1 Å². The predicted octanol–water partition coefficient (Wildman–Crippen LogP) is 1.31. The van der Waals surface area contributed by atoms with Gasteiger partial charge in [0.2, 0.25) is 10.0 Å². The maximum Gasteiger partial charge on any atom is 0.255 e. The quantitative estimate of drug-likeness (QED) is 0.741. The normalized spacial score (nSPS) is 11.1. The smallest absolute Gasteiger partial charge is 0.255 e. The molecule has 110 valence electrons. The van der Waals surface area contributed by atoms with Crippen molar-refractivity contribution >= 4 is 27.3 Å². The molecular formula is C13H12FN3O3S. The van der Waals surface area contributed by atoms with E-state index < -0.39 is 21.7 Å². The molecule has 0 fully saturated rings. The Morgan fingerprint density at radius 3 is 2.24 bits per heavy atom. The number of nitrogens with two attached hydrogens (primary N) is 2. The molecule has 1 amide bonds. The monoisotopic (exact) mass is 309 g/mol. The molecule has 0 saturated heterocycles. The number of hydrogen-bond acceptors (Lipinski definition) is 4. The molecule has 0 aliphatic rings. The van der Waals surface area contributed by atoms with Gasteiger partial charge in [0.25, 0.3) is 5.91 Å². The van der Waals surface area contributed by atoms with E-state index in [1.807, 2.05) is 0 Å². The van der Waals surface area contributed by atoms with Gasteiger partial charge in [-0.25, -0.2) is 17.9 Å². The summed E-state index contributed by atoms with van der Waals surface area (Å²) in [5, 5.41) is 7.46. The molecule has 0 saturated carbocycles. The number of carbonyl (C=O) groups is 1. The average Bonchev–Trinajstić information content (AvgIpc) is 2.37. The van der Waals surface area contributed by atoms with Gasteiger partial charge in [-0.3, -0.25) is 4.79 Å². The lowest BCUT2D eigenvalue weighted by Crippen LogP contribution is -2.14. The first-order valence-corrected chi connectivity index (χ1v) is 7.30. The van der Waals surface area contributed by atoms with Crippen LogP contribution in [-0.2, 0) is 10.0 Å². The Labute approximate surface area is 120 Å². The van der Waals surface area contributed by atoms with Crippen LogP contribution in [0.3, 0.4) is 0 Å². The van der Waals surface area contributed by atoms with Crippen molar-refractivity contribution in [2.45, 2.75) is 4.90 Å². The van der Waals surface area contributed by atoms with Crippen molar-refractivity contribution in [2.24, 2.45) is 5.14 Å². The summed E-state index contributed by atoms with van der Waals surface area (Å²) in [6.07, 6.45) is 0. The largest absolute Gasteiger partial charge is 0.399 e. The first-order valence-electron chi connectivity index (χ1n) is 5.76. The molecule has 0 aromatic heterocycles. The topological polar surface area (TPSA) is 115 Å². The molecule has 2 aromatic rings. The number of nitrogens with one attached hydrogen (secondary N) is 1. The number of sulfonamides is 1. The molecule has 2 aromatic carbocycles. The van der Waals surface area contributed by atoms with Gasteiger partial charge < -0.3 is 11.1 Å². The molecule has 6 nitrogen and oxygen atoms in total. The van der Waals surface area contributed by atoms with Crippen molar-refractivity contribution in [1.82, 2.24) is 0 Å². The highest BCUT2D eigenvalue weighted by molar-refractivity contribution is 7.89. The van der Waals surface area contributed by atoms with Gasteiger partial charge in [-0.15, -0.1) is 0 Å². The Kier molecular flexibility index (Phi) is 3.92. The van der Waals surface area contributed by atoms with Crippen molar-refractivity contribution in [3.63, 3.8) is 0 Å². The van der Waals surface area contributed by atoms with Gasteiger partial charge in [-0.1, -0.05) is 0 Å². The van der Waals surface area contributed by atoms with Crippen LogP contribution in [0.15, 0.2) is 47.4 Å². The van der Waals surface area contributed by atoms with Crippen molar-refractivity contribution in [3.8, 4) is 0 Å². The third kappa shape index (κ3) is 3.77. The van der Waals surface area contributed by atoms with Gasteiger partial charge in [0.15, 0.2) is 0 Å². The highest BCUT2D eigenvalue weighted by Crippen LogP contribution is 2.16. The molecule has 0 bridgehead atoms. The van der Waals surface area contributed by atoms with Gasteiger partial charge in [0, 0.05) is 16.9 Å². The first kappa shape index (κ1) is 14.9. The zero-order valence-electron chi connectivity index (χ0n) is 10.7. The maximum atomic E-state index is 13.2. The highest BCUT2D eigenvalue weighted by atomic mass is 32.2. The van der Waals surface area contributed by atoms with E-state index in [2.05, 4.69) is 5.32 Å². The SMILES string of the molecule is Nc1cc(F)cc(C(=O)Nc2ccc(S(N)(=O)=O)cc2)c1. The lowest BCUT2D eigenvalue weighted by atomic mass is 10.2. The summed E-state index contributed by atoms with van der Waals surface area (Å²) >= 11 is 0. The Morgan fingerprint density at radius 2 is 1.71 bits per heavy atom. The van der Waals surface area contributed by atoms with Crippen molar-refractivity contribution in [2.75, 3.05) is 11.1 Å². The molecule has 0 aliphatic heterocycles. The molecule has 2 rings (SSSR count). The molecule has 0 aliphatic carbocycles. The number of amides is 1. The van der Waals surface area contributed by atoms with Crippen molar-refractivity contribution < 1.29 is 17.6 Å². The van der Waals surface area contributed by atoms with E-state index in [0.29, 0.717) is 5.69 Å². The van der Waals surface area contributed by atoms with Crippen LogP contribution in [0.5, 0.6) is 0 Å². The van der Waals surface area contributed by atoms with Crippen molar-refractivity contribution in [3.05, 3.63) is 53.8 Å². The van der Waals surface area contributed by atoms with Crippen LogP contribution in [0.25, 0.3) is 0 Å². The fourth-order valence-electron chi connectivity index (χ4n) is 1.67. The van der Waals surface area contributed by atoms with E-state index in [4.69, 9.17) is 10.9 Å². The van der Waals surface area contributed by atoms with E-state index in [-0.39, 0.29) is 16.1 Å². The van der Waals surface area contributed by atoms with E-state index in [1.165, 1.54) is 30.3 Å². The van der Waals surface area contributed by atoms with Crippen LogP contribution in [0.2, 0.25) is 0 Å². The number of halogens is 1. The Balaban J connectivity index is 2.20. The molecule has 0 heterocycles. The Bertz CT molecular complexity index is 769. The lowest BCUT2D eigenvalue weighted by Gasteiger charge is -2.07. The van der Waals surface area contributed by atoms with Gasteiger partial charge in [-0.05, 0) is 42.5 Å². The summed E-state index contributed by atoms with van der Waals surface area (Å²) in [6, 6.07) is 8.73. The van der Waals surface area contributed by atoms with Gasteiger partial charge in [0.05, 0.1) is 4.90 Å². The minimum absolute atomic E-state index is 0.0584. The molecule has 0 atom stereocenters. The number of primary sulfonamides is 1. The highest BCUT2D eigenvalue weighted by Gasteiger charge is 2.10. The third-order valence-corrected chi connectivity index (χ3v) is 3.55. The van der Waals surface area contributed by atoms with Crippen LogP contribution in [0.4, 0.5) is 15.8 Å². The summed E-state index contributed by atoms with van der Waals surface area (Å²) in [5.41, 5.74) is 5.99. The first-order chi connectivity index (χ1) is 9.75. The summed E-state index contributed by atoms with van der Waals surface area (Å²) in [6.45, 7) is 0. The minimum Gasteiger partial charge on any atom is -0.399 e. The predicted molar refractivity (Wildman–Crippen MR) is 76.6 cm³/mol. The van der Waals surface area contributed by atoms with E-state index in [9.17, 15) is 17.6 Å². The van der Waals surface area contributed by atoms with Crippen molar-refractivity contribution in [1.29, 1.82) is 0 Å². The van der Waals surface area contributed by atoms with E-state index >= 15 is 0 Å². The Hall–Kier alpha value is -2.45. The van der Waals surface area contributed by atoms with Crippen LogP contribution in [-0.4, -0.2) is 14.3 Å². The minimum atomic E-state index is -3.79. The van der Waals surface area contributed by atoms with Gasteiger partial charge in [0.1, 0.15) is 5.82 Å². The molecule has 0 unspecified atom stereocenters.